The summed E-state index contributed by atoms with van der Waals surface area (Å²) in [4.78, 5) is 8.52. The zero-order chi connectivity index (χ0) is 11.8. The smallest absolute Gasteiger partial charge is 0.123 e. The summed E-state index contributed by atoms with van der Waals surface area (Å²) in [5, 5.41) is 11.0. The number of hydrogen-bond acceptors (Lipinski definition) is 4. The largest absolute Gasteiger partial charge is 0.385 e. The third-order valence-electron chi connectivity index (χ3n) is 3.13. The Bertz CT molecular complexity index is 543. The molecule has 0 bridgehead atoms. The number of aliphatic hydroxyl groups is 1. The SMILES string of the molecule is OC(c1ncc(Cl)s1)C1CCc2cccnc21. The lowest BCUT2D eigenvalue weighted by Gasteiger charge is -2.15. The van der Waals surface area contributed by atoms with Gasteiger partial charge in [0.25, 0.3) is 0 Å². The van der Waals surface area contributed by atoms with Gasteiger partial charge in [0.15, 0.2) is 0 Å². The molecule has 17 heavy (non-hydrogen) atoms. The number of aromatic nitrogens is 2. The van der Waals surface area contributed by atoms with Crippen LogP contribution >= 0.6 is 22.9 Å². The first-order chi connectivity index (χ1) is 8.25. The van der Waals surface area contributed by atoms with Crippen molar-refractivity contribution in [3.05, 3.63) is 45.1 Å². The Kier molecular flexibility index (Phi) is 2.86. The summed E-state index contributed by atoms with van der Waals surface area (Å²) < 4.78 is 0.610. The molecule has 2 atom stereocenters. The zero-order valence-electron chi connectivity index (χ0n) is 9.01. The van der Waals surface area contributed by atoms with Crippen LogP contribution in [0.25, 0.3) is 0 Å². The fourth-order valence-electron chi connectivity index (χ4n) is 2.33. The average Bonchev–Trinajstić information content (AvgIpc) is 2.94. The maximum atomic E-state index is 10.3. The average molecular weight is 267 g/mol. The van der Waals surface area contributed by atoms with Crippen LogP contribution in [0.5, 0.6) is 0 Å². The quantitative estimate of drug-likeness (QED) is 0.909. The van der Waals surface area contributed by atoms with Crippen LogP contribution in [0.4, 0.5) is 0 Å². The number of aliphatic hydroxyl groups excluding tert-OH is 1. The summed E-state index contributed by atoms with van der Waals surface area (Å²) in [6.45, 7) is 0. The van der Waals surface area contributed by atoms with Gasteiger partial charge in [0, 0.05) is 17.8 Å². The van der Waals surface area contributed by atoms with Crippen LogP contribution in [0.3, 0.4) is 0 Å². The van der Waals surface area contributed by atoms with Gasteiger partial charge < -0.3 is 5.11 Å². The van der Waals surface area contributed by atoms with E-state index in [-0.39, 0.29) is 5.92 Å². The highest BCUT2D eigenvalue weighted by atomic mass is 35.5. The van der Waals surface area contributed by atoms with E-state index in [0.29, 0.717) is 9.34 Å². The third-order valence-corrected chi connectivity index (χ3v) is 4.32. The van der Waals surface area contributed by atoms with Gasteiger partial charge in [-0.3, -0.25) is 4.98 Å². The van der Waals surface area contributed by atoms with Crippen LogP contribution < -0.4 is 0 Å². The van der Waals surface area contributed by atoms with Gasteiger partial charge in [-0.1, -0.05) is 17.7 Å². The molecular weight excluding hydrogens is 256 g/mol. The molecule has 2 aromatic rings. The molecule has 0 saturated carbocycles. The van der Waals surface area contributed by atoms with Crippen molar-refractivity contribution in [1.29, 1.82) is 0 Å². The predicted molar refractivity (Wildman–Crippen MR) is 67.4 cm³/mol. The Morgan fingerprint density at radius 2 is 2.35 bits per heavy atom. The molecule has 1 aliphatic rings. The number of fused-ring (bicyclic) bond motifs is 1. The molecule has 2 aromatic heterocycles. The minimum absolute atomic E-state index is 0.0495. The first-order valence-corrected chi connectivity index (χ1v) is 6.68. The Morgan fingerprint density at radius 1 is 1.47 bits per heavy atom. The van der Waals surface area contributed by atoms with E-state index in [1.165, 1.54) is 16.9 Å². The number of aryl methyl sites for hydroxylation is 1. The number of nitrogens with zero attached hydrogens (tertiary/aromatic N) is 2. The topological polar surface area (TPSA) is 46.0 Å². The zero-order valence-corrected chi connectivity index (χ0v) is 10.6. The molecule has 0 saturated heterocycles. The van der Waals surface area contributed by atoms with Crippen LogP contribution in [0.15, 0.2) is 24.5 Å². The van der Waals surface area contributed by atoms with E-state index < -0.39 is 6.10 Å². The molecule has 0 amide bonds. The summed E-state index contributed by atoms with van der Waals surface area (Å²) in [7, 11) is 0. The highest BCUT2D eigenvalue weighted by Crippen LogP contribution is 2.41. The lowest BCUT2D eigenvalue weighted by atomic mass is 10.00. The van der Waals surface area contributed by atoms with Crippen molar-refractivity contribution in [2.24, 2.45) is 0 Å². The molecule has 0 spiro atoms. The summed E-state index contributed by atoms with van der Waals surface area (Å²) in [6.07, 6.45) is 4.66. The molecule has 2 heterocycles. The first kappa shape index (κ1) is 11.1. The van der Waals surface area contributed by atoms with Crippen molar-refractivity contribution < 1.29 is 5.11 Å². The van der Waals surface area contributed by atoms with Gasteiger partial charge in [-0.2, -0.15) is 0 Å². The normalized spacial score (nSPS) is 20.2. The molecule has 0 radical (unpaired) electrons. The van der Waals surface area contributed by atoms with Crippen molar-refractivity contribution >= 4 is 22.9 Å². The van der Waals surface area contributed by atoms with Crippen LogP contribution in [-0.4, -0.2) is 15.1 Å². The van der Waals surface area contributed by atoms with Crippen LogP contribution in [-0.2, 0) is 6.42 Å². The molecule has 1 N–H and O–H groups in total. The van der Waals surface area contributed by atoms with E-state index in [1.54, 1.807) is 12.4 Å². The second-order valence-electron chi connectivity index (χ2n) is 4.14. The Labute approximate surface area is 108 Å². The first-order valence-electron chi connectivity index (χ1n) is 5.49. The Balaban J connectivity index is 1.92. The lowest BCUT2D eigenvalue weighted by molar-refractivity contribution is 0.143. The molecule has 0 aliphatic heterocycles. The number of halogens is 1. The van der Waals surface area contributed by atoms with Gasteiger partial charge >= 0.3 is 0 Å². The maximum Gasteiger partial charge on any atom is 0.123 e. The van der Waals surface area contributed by atoms with Crippen molar-refractivity contribution in [2.45, 2.75) is 24.9 Å². The molecule has 3 nitrogen and oxygen atoms in total. The fourth-order valence-corrected chi connectivity index (χ4v) is 3.31. The van der Waals surface area contributed by atoms with Gasteiger partial charge in [0.2, 0.25) is 0 Å². The van der Waals surface area contributed by atoms with Crippen LogP contribution in [0, 0.1) is 0 Å². The van der Waals surface area contributed by atoms with Gasteiger partial charge in [-0.05, 0) is 24.5 Å². The number of rotatable bonds is 2. The monoisotopic (exact) mass is 266 g/mol. The standard InChI is InChI=1S/C12H11ClN2OS/c13-9-6-15-12(17-9)11(16)8-4-3-7-2-1-5-14-10(7)8/h1-2,5-6,8,11,16H,3-4H2. The highest BCUT2D eigenvalue weighted by Gasteiger charge is 2.32. The summed E-state index contributed by atoms with van der Waals surface area (Å²) >= 11 is 7.17. The van der Waals surface area contributed by atoms with Crippen molar-refractivity contribution in [3.63, 3.8) is 0 Å². The molecule has 0 fully saturated rings. The minimum Gasteiger partial charge on any atom is -0.385 e. The fraction of sp³-hybridized carbons (Fsp3) is 0.333. The molecule has 1 aliphatic carbocycles. The van der Waals surface area contributed by atoms with Crippen LogP contribution in [0.2, 0.25) is 4.34 Å². The van der Waals surface area contributed by atoms with Crippen molar-refractivity contribution in [1.82, 2.24) is 9.97 Å². The molecule has 0 aromatic carbocycles. The van der Waals surface area contributed by atoms with E-state index in [0.717, 1.165) is 18.5 Å². The molecule has 88 valence electrons. The highest BCUT2D eigenvalue weighted by molar-refractivity contribution is 7.15. The number of pyridine rings is 1. The van der Waals surface area contributed by atoms with Gasteiger partial charge in [-0.15, -0.1) is 11.3 Å². The number of thiazole rings is 1. The van der Waals surface area contributed by atoms with Gasteiger partial charge in [0.05, 0.1) is 6.20 Å². The van der Waals surface area contributed by atoms with E-state index in [4.69, 9.17) is 11.6 Å². The lowest BCUT2D eigenvalue weighted by Crippen LogP contribution is -2.09. The predicted octanol–water partition coefficient (Wildman–Crippen LogP) is 2.95. The molecule has 3 rings (SSSR count). The Morgan fingerprint density at radius 3 is 3.12 bits per heavy atom. The minimum atomic E-state index is -0.594. The van der Waals surface area contributed by atoms with Gasteiger partial charge in [-0.25, -0.2) is 4.98 Å². The van der Waals surface area contributed by atoms with Gasteiger partial charge in [0.1, 0.15) is 15.4 Å². The summed E-state index contributed by atoms with van der Waals surface area (Å²) in [6, 6.07) is 4.01. The maximum absolute atomic E-state index is 10.3. The van der Waals surface area contributed by atoms with Crippen LogP contribution in [0.1, 0.15) is 34.7 Å². The van der Waals surface area contributed by atoms with Crippen molar-refractivity contribution in [2.75, 3.05) is 0 Å². The van der Waals surface area contributed by atoms with E-state index in [1.807, 2.05) is 6.07 Å². The summed E-state index contributed by atoms with van der Waals surface area (Å²) in [5.41, 5.74) is 2.24. The summed E-state index contributed by atoms with van der Waals surface area (Å²) in [5.74, 6) is 0.0495. The molecule has 5 heteroatoms. The second kappa shape index (κ2) is 4.37. The van der Waals surface area contributed by atoms with Crippen molar-refractivity contribution in [3.8, 4) is 0 Å². The molecular formula is C12H11ClN2OS. The number of hydrogen-bond donors (Lipinski definition) is 1. The van der Waals surface area contributed by atoms with E-state index >= 15 is 0 Å². The van der Waals surface area contributed by atoms with E-state index in [2.05, 4.69) is 16.0 Å². The Hall–Kier alpha value is -0.970. The second-order valence-corrected chi connectivity index (χ2v) is 5.83. The molecule has 2 unspecified atom stereocenters. The van der Waals surface area contributed by atoms with E-state index in [9.17, 15) is 5.11 Å². The third kappa shape index (κ3) is 1.97.